The standard InChI is InChI=1S/C16H25NO/c1-3-17-13-16(9-4-5-10-16)12-14-7-6-8-15(11-14)18-2/h6-8,11,17H,3-5,9-10,12-13H2,1-2H3. The van der Waals surface area contributed by atoms with E-state index in [-0.39, 0.29) is 0 Å². The van der Waals surface area contributed by atoms with E-state index >= 15 is 0 Å². The monoisotopic (exact) mass is 247 g/mol. The Morgan fingerprint density at radius 2 is 2.06 bits per heavy atom. The van der Waals surface area contributed by atoms with Crippen molar-refractivity contribution in [2.24, 2.45) is 5.41 Å². The Labute approximate surface area is 111 Å². The van der Waals surface area contributed by atoms with Gasteiger partial charge in [-0.25, -0.2) is 0 Å². The first-order valence-corrected chi connectivity index (χ1v) is 7.12. The van der Waals surface area contributed by atoms with Crippen LogP contribution in [0.15, 0.2) is 24.3 Å². The van der Waals surface area contributed by atoms with Crippen molar-refractivity contribution in [1.82, 2.24) is 5.32 Å². The first-order valence-electron chi connectivity index (χ1n) is 7.12. The van der Waals surface area contributed by atoms with Crippen LogP contribution < -0.4 is 10.1 Å². The topological polar surface area (TPSA) is 21.3 Å². The average Bonchev–Trinajstić information content (AvgIpc) is 2.85. The number of hydrogen-bond acceptors (Lipinski definition) is 2. The summed E-state index contributed by atoms with van der Waals surface area (Å²) in [5, 5.41) is 3.55. The van der Waals surface area contributed by atoms with E-state index in [9.17, 15) is 0 Å². The van der Waals surface area contributed by atoms with Gasteiger partial charge in [0.25, 0.3) is 0 Å². The van der Waals surface area contributed by atoms with Gasteiger partial charge >= 0.3 is 0 Å². The molecule has 1 aromatic rings. The minimum Gasteiger partial charge on any atom is -0.497 e. The first kappa shape index (κ1) is 13.4. The second-order valence-corrected chi connectivity index (χ2v) is 5.52. The van der Waals surface area contributed by atoms with Gasteiger partial charge in [0.05, 0.1) is 7.11 Å². The Morgan fingerprint density at radius 3 is 2.72 bits per heavy atom. The van der Waals surface area contributed by atoms with Crippen LogP contribution in [-0.2, 0) is 6.42 Å². The molecular formula is C16H25NO. The molecule has 1 fully saturated rings. The van der Waals surface area contributed by atoms with Gasteiger partial charge in [0, 0.05) is 6.54 Å². The van der Waals surface area contributed by atoms with E-state index in [1.54, 1.807) is 7.11 Å². The van der Waals surface area contributed by atoms with Crippen LogP contribution in [0.1, 0.15) is 38.2 Å². The lowest BCUT2D eigenvalue weighted by atomic mass is 9.80. The number of ether oxygens (including phenoxy) is 1. The van der Waals surface area contributed by atoms with Crippen LogP contribution >= 0.6 is 0 Å². The molecule has 0 unspecified atom stereocenters. The van der Waals surface area contributed by atoms with Crippen LogP contribution in [-0.4, -0.2) is 20.2 Å². The fourth-order valence-corrected chi connectivity index (χ4v) is 3.15. The summed E-state index contributed by atoms with van der Waals surface area (Å²) in [6.07, 6.45) is 6.66. The van der Waals surface area contributed by atoms with Gasteiger partial charge < -0.3 is 10.1 Å². The molecule has 1 saturated carbocycles. The Balaban J connectivity index is 2.07. The van der Waals surface area contributed by atoms with Crippen LogP contribution in [0.2, 0.25) is 0 Å². The van der Waals surface area contributed by atoms with Gasteiger partial charge in [-0.3, -0.25) is 0 Å². The van der Waals surface area contributed by atoms with E-state index in [1.165, 1.54) is 37.7 Å². The summed E-state index contributed by atoms with van der Waals surface area (Å²) in [5.74, 6) is 0.976. The summed E-state index contributed by atoms with van der Waals surface area (Å²) in [7, 11) is 1.74. The van der Waals surface area contributed by atoms with E-state index in [1.807, 2.05) is 6.07 Å². The molecule has 18 heavy (non-hydrogen) atoms. The third-order valence-electron chi connectivity index (χ3n) is 4.13. The summed E-state index contributed by atoms with van der Waals surface area (Å²) in [6.45, 7) is 4.41. The quantitative estimate of drug-likeness (QED) is 0.832. The summed E-state index contributed by atoms with van der Waals surface area (Å²) < 4.78 is 5.32. The molecule has 0 radical (unpaired) electrons. The van der Waals surface area contributed by atoms with Crippen LogP contribution in [0.5, 0.6) is 5.75 Å². The van der Waals surface area contributed by atoms with Gasteiger partial charge in [-0.15, -0.1) is 0 Å². The molecule has 0 saturated heterocycles. The zero-order valence-electron chi connectivity index (χ0n) is 11.7. The molecule has 2 nitrogen and oxygen atoms in total. The van der Waals surface area contributed by atoms with Crippen LogP contribution in [0.4, 0.5) is 0 Å². The lowest BCUT2D eigenvalue weighted by Crippen LogP contribution is -2.33. The van der Waals surface area contributed by atoms with Crippen molar-refractivity contribution < 1.29 is 4.74 Å². The maximum Gasteiger partial charge on any atom is 0.119 e. The Morgan fingerprint density at radius 1 is 1.28 bits per heavy atom. The van der Waals surface area contributed by atoms with Crippen molar-refractivity contribution >= 4 is 0 Å². The molecule has 0 spiro atoms. The zero-order chi connectivity index (χ0) is 12.8. The highest BCUT2D eigenvalue weighted by Crippen LogP contribution is 2.40. The highest BCUT2D eigenvalue weighted by atomic mass is 16.5. The summed E-state index contributed by atoms with van der Waals surface area (Å²) in [4.78, 5) is 0. The Kier molecular flexibility index (Phi) is 4.65. The smallest absolute Gasteiger partial charge is 0.119 e. The van der Waals surface area contributed by atoms with Gasteiger partial charge in [-0.2, -0.15) is 0 Å². The van der Waals surface area contributed by atoms with Gasteiger partial charge in [0.2, 0.25) is 0 Å². The maximum absolute atomic E-state index is 5.32. The molecule has 1 aliphatic rings. The number of benzene rings is 1. The van der Waals surface area contributed by atoms with E-state index in [2.05, 4.69) is 30.4 Å². The lowest BCUT2D eigenvalue weighted by molar-refractivity contribution is 0.279. The molecule has 100 valence electrons. The van der Waals surface area contributed by atoms with Gasteiger partial charge in [0.1, 0.15) is 5.75 Å². The van der Waals surface area contributed by atoms with Crippen molar-refractivity contribution in [1.29, 1.82) is 0 Å². The maximum atomic E-state index is 5.32. The van der Waals surface area contributed by atoms with Gasteiger partial charge in [0.15, 0.2) is 0 Å². The fraction of sp³-hybridized carbons (Fsp3) is 0.625. The van der Waals surface area contributed by atoms with Crippen LogP contribution in [0.25, 0.3) is 0 Å². The molecule has 0 heterocycles. The third-order valence-corrected chi connectivity index (χ3v) is 4.13. The Hall–Kier alpha value is -1.02. The van der Waals surface area contributed by atoms with Crippen LogP contribution in [0, 0.1) is 5.41 Å². The van der Waals surface area contributed by atoms with Crippen molar-refractivity contribution in [2.45, 2.75) is 39.0 Å². The molecule has 0 aromatic heterocycles. The molecule has 0 atom stereocenters. The molecule has 2 rings (SSSR count). The number of hydrogen-bond donors (Lipinski definition) is 1. The molecule has 0 amide bonds. The largest absolute Gasteiger partial charge is 0.497 e. The predicted octanol–water partition coefficient (Wildman–Crippen LogP) is 3.41. The minimum absolute atomic E-state index is 0.475. The molecular weight excluding hydrogens is 222 g/mol. The SMILES string of the molecule is CCNCC1(Cc2cccc(OC)c2)CCCC1. The molecule has 0 bridgehead atoms. The Bertz CT molecular complexity index is 369. The summed E-state index contributed by atoms with van der Waals surface area (Å²) >= 11 is 0. The summed E-state index contributed by atoms with van der Waals surface area (Å²) in [5.41, 5.74) is 1.89. The molecule has 2 heteroatoms. The van der Waals surface area contributed by atoms with E-state index in [4.69, 9.17) is 4.74 Å². The van der Waals surface area contributed by atoms with E-state index < -0.39 is 0 Å². The summed E-state index contributed by atoms with van der Waals surface area (Å²) in [6, 6.07) is 8.54. The highest BCUT2D eigenvalue weighted by Gasteiger charge is 2.33. The van der Waals surface area contributed by atoms with Crippen molar-refractivity contribution in [3.05, 3.63) is 29.8 Å². The number of rotatable bonds is 6. The van der Waals surface area contributed by atoms with E-state index in [0.717, 1.165) is 18.8 Å². The molecule has 1 aromatic carbocycles. The minimum atomic E-state index is 0.475. The second-order valence-electron chi connectivity index (χ2n) is 5.52. The second kappa shape index (κ2) is 6.24. The van der Waals surface area contributed by atoms with Crippen molar-refractivity contribution in [2.75, 3.05) is 20.2 Å². The van der Waals surface area contributed by atoms with E-state index in [0.29, 0.717) is 5.41 Å². The first-order chi connectivity index (χ1) is 8.78. The fourth-order valence-electron chi connectivity index (χ4n) is 3.15. The average molecular weight is 247 g/mol. The van der Waals surface area contributed by atoms with Crippen molar-refractivity contribution in [3.8, 4) is 5.75 Å². The zero-order valence-corrected chi connectivity index (χ0v) is 11.7. The molecule has 0 aliphatic heterocycles. The van der Waals surface area contributed by atoms with Crippen molar-refractivity contribution in [3.63, 3.8) is 0 Å². The number of nitrogens with one attached hydrogen (secondary N) is 1. The predicted molar refractivity (Wildman–Crippen MR) is 76.1 cm³/mol. The molecule has 1 N–H and O–H groups in total. The van der Waals surface area contributed by atoms with Gasteiger partial charge in [-0.1, -0.05) is 31.9 Å². The highest BCUT2D eigenvalue weighted by molar-refractivity contribution is 5.29. The molecule has 1 aliphatic carbocycles. The normalized spacial score (nSPS) is 17.9. The van der Waals surface area contributed by atoms with Crippen LogP contribution in [0.3, 0.4) is 0 Å². The number of methoxy groups -OCH3 is 1. The third kappa shape index (κ3) is 3.26. The lowest BCUT2D eigenvalue weighted by Gasteiger charge is -2.29. The van der Waals surface area contributed by atoms with Gasteiger partial charge in [-0.05, 0) is 48.9 Å².